The Balaban J connectivity index is 1.26. The SMILES string of the molecule is Cn1c(=O)n(C)c2cc(-c3ccc(-c4nc(-c5ccccc5)nc(-c5cccc6c5oc5ccccc56)n4)cc3)ccc21. The molecule has 0 amide bonds. The van der Waals surface area contributed by atoms with Crippen LogP contribution in [0.2, 0.25) is 0 Å². The molecule has 0 fully saturated rings. The second-order valence-corrected chi connectivity index (χ2v) is 10.6. The van der Waals surface area contributed by atoms with Crippen molar-refractivity contribution in [1.29, 1.82) is 0 Å². The normalized spacial score (nSPS) is 11.6. The van der Waals surface area contributed by atoms with Gasteiger partial charge >= 0.3 is 5.69 Å². The fraction of sp³-hybridized carbons (Fsp3) is 0.0556. The summed E-state index contributed by atoms with van der Waals surface area (Å²) in [4.78, 5) is 27.2. The molecule has 3 heterocycles. The van der Waals surface area contributed by atoms with Gasteiger partial charge in [-0.2, -0.15) is 0 Å². The minimum absolute atomic E-state index is 0.0410. The molecule has 0 aliphatic rings. The highest BCUT2D eigenvalue weighted by Crippen LogP contribution is 2.36. The van der Waals surface area contributed by atoms with Gasteiger partial charge < -0.3 is 4.42 Å². The lowest BCUT2D eigenvalue weighted by Crippen LogP contribution is -2.19. The summed E-state index contributed by atoms with van der Waals surface area (Å²) < 4.78 is 9.66. The van der Waals surface area contributed by atoms with Crippen molar-refractivity contribution in [2.75, 3.05) is 0 Å². The number of benzene rings is 5. The van der Waals surface area contributed by atoms with Gasteiger partial charge in [0, 0.05) is 36.0 Å². The van der Waals surface area contributed by atoms with E-state index in [1.54, 1.807) is 23.2 Å². The van der Waals surface area contributed by atoms with Gasteiger partial charge in [-0.3, -0.25) is 9.13 Å². The molecule has 0 aliphatic carbocycles. The van der Waals surface area contributed by atoms with Gasteiger partial charge in [-0.25, -0.2) is 19.7 Å². The van der Waals surface area contributed by atoms with Gasteiger partial charge in [0.2, 0.25) is 0 Å². The van der Waals surface area contributed by atoms with E-state index in [9.17, 15) is 4.79 Å². The Morgan fingerprint density at radius 2 is 1.14 bits per heavy atom. The van der Waals surface area contributed by atoms with Crippen molar-refractivity contribution in [1.82, 2.24) is 24.1 Å². The van der Waals surface area contributed by atoms with Crippen LogP contribution in [0.5, 0.6) is 0 Å². The van der Waals surface area contributed by atoms with Gasteiger partial charge in [0.15, 0.2) is 17.5 Å². The fourth-order valence-corrected chi connectivity index (χ4v) is 5.76. The van der Waals surface area contributed by atoms with Crippen molar-refractivity contribution >= 4 is 33.0 Å². The van der Waals surface area contributed by atoms with Gasteiger partial charge in [0.1, 0.15) is 11.2 Å². The predicted octanol–water partition coefficient (Wildman–Crippen LogP) is 7.63. The van der Waals surface area contributed by atoms with Crippen LogP contribution in [0.3, 0.4) is 0 Å². The molecule has 3 aromatic heterocycles. The van der Waals surface area contributed by atoms with Crippen molar-refractivity contribution < 1.29 is 4.42 Å². The summed E-state index contributed by atoms with van der Waals surface area (Å²) in [5.74, 6) is 1.71. The maximum atomic E-state index is 12.4. The Hall–Kier alpha value is -5.82. The third-order valence-electron chi connectivity index (χ3n) is 8.06. The van der Waals surface area contributed by atoms with E-state index in [2.05, 4.69) is 24.3 Å². The van der Waals surface area contributed by atoms with E-state index in [-0.39, 0.29) is 5.69 Å². The zero-order chi connectivity index (χ0) is 29.1. The lowest BCUT2D eigenvalue weighted by molar-refractivity contribution is 0.669. The quantitative estimate of drug-likeness (QED) is 0.222. The fourth-order valence-electron chi connectivity index (χ4n) is 5.76. The Kier molecular flexibility index (Phi) is 5.59. The molecule has 5 aromatic carbocycles. The summed E-state index contributed by atoms with van der Waals surface area (Å²) in [6.07, 6.45) is 0. The van der Waals surface area contributed by atoms with Crippen LogP contribution in [0.1, 0.15) is 0 Å². The highest BCUT2D eigenvalue weighted by molar-refractivity contribution is 6.09. The molecule has 0 unspecified atom stereocenters. The molecule has 43 heavy (non-hydrogen) atoms. The van der Waals surface area contributed by atoms with Gasteiger partial charge in [0.25, 0.3) is 0 Å². The Morgan fingerprint density at radius 3 is 1.93 bits per heavy atom. The second kappa shape index (κ2) is 9.63. The van der Waals surface area contributed by atoms with Crippen LogP contribution in [0.4, 0.5) is 0 Å². The van der Waals surface area contributed by atoms with E-state index >= 15 is 0 Å². The van der Waals surface area contributed by atoms with Crippen molar-refractivity contribution in [2.45, 2.75) is 0 Å². The van der Waals surface area contributed by atoms with E-state index < -0.39 is 0 Å². The highest BCUT2D eigenvalue weighted by atomic mass is 16.3. The van der Waals surface area contributed by atoms with Crippen LogP contribution in [0.25, 0.3) is 78.3 Å². The molecule has 7 heteroatoms. The maximum absolute atomic E-state index is 12.4. The van der Waals surface area contributed by atoms with Gasteiger partial charge in [0.05, 0.1) is 16.6 Å². The Morgan fingerprint density at radius 1 is 0.535 bits per heavy atom. The minimum Gasteiger partial charge on any atom is -0.455 e. The number of hydrogen-bond acceptors (Lipinski definition) is 5. The van der Waals surface area contributed by atoms with E-state index in [0.29, 0.717) is 17.5 Å². The first-order valence-electron chi connectivity index (χ1n) is 14.0. The van der Waals surface area contributed by atoms with Gasteiger partial charge in [-0.05, 0) is 35.4 Å². The Labute approximate surface area is 246 Å². The zero-order valence-electron chi connectivity index (χ0n) is 23.5. The van der Waals surface area contributed by atoms with E-state index in [4.69, 9.17) is 19.4 Å². The first-order valence-corrected chi connectivity index (χ1v) is 14.0. The summed E-state index contributed by atoms with van der Waals surface area (Å²) in [5, 5.41) is 2.08. The molecule has 0 spiro atoms. The number of hydrogen-bond donors (Lipinski definition) is 0. The molecule has 206 valence electrons. The van der Waals surface area contributed by atoms with Crippen molar-refractivity contribution in [3.8, 4) is 45.3 Å². The molecule has 0 saturated heterocycles. The topological polar surface area (TPSA) is 78.7 Å². The summed E-state index contributed by atoms with van der Waals surface area (Å²) in [6, 6.07) is 38.3. The molecule has 0 bridgehead atoms. The molecule has 8 aromatic rings. The first kappa shape index (κ1) is 24.9. The summed E-state index contributed by atoms with van der Waals surface area (Å²) in [6.45, 7) is 0. The smallest absolute Gasteiger partial charge is 0.328 e. The van der Waals surface area contributed by atoms with Crippen LogP contribution < -0.4 is 5.69 Å². The first-order chi connectivity index (χ1) is 21.0. The molecule has 0 N–H and O–H groups in total. The minimum atomic E-state index is -0.0410. The molecule has 0 radical (unpaired) electrons. The van der Waals surface area contributed by atoms with Crippen molar-refractivity contribution in [2.24, 2.45) is 14.1 Å². The zero-order valence-corrected chi connectivity index (χ0v) is 23.5. The second-order valence-electron chi connectivity index (χ2n) is 10.6. The van der Waals surface area contributed by atoms with Crippen LogP contribution in [-0.4, -0.2) is 24.1 Å². The largest absolute Gasteiger partial charge is 0.455 e. The maximum Gasteiger partial charge on any atom is 0.328 e. The van der Waals surface area contributed by atoms with Gasteiger partial charge in [-0.15, -0.1) is 0 Å². The number of imidazole rings is 1. The molecule has 7 nitrogen and oxygen atoms in total. The third-order valence-corrected chi connectivity index (χ3v) is 8.06. The number of para-hydroxylation sites is 2. The lowest BCUT2D eigenvalue weighted by Gasteiger charge is -2.09. The summed E-state index contributed by atoms with van der Waals surface area (Å²) in [7, 11) is 3.59. The standard InChI is InChI=1S/C36H25N5O2/c1-40-29-20-19-25(21-30(29)41(2)36(40)42)22-15-17-24(18-16-22)34-37-33(23-9-4-3-5-10-23)38-35(39-34)28-13-8-12-27-26-11-6-7-14-31(26)43-32(27)28/h3-21H,1-2H3. The number of nitrogens with zero attached hydrogens (tertiary/aromatic N) is 5. The predicted molar refractivity (Wildman–Crippen MR) is 171 cm³/mol. The number of aryl methyl sites for hydroxylation is 2. The molecule has 0 atom stereocenters. The van der Waals surface area contributed by atoms with E-state index in [1.165, 1.54) is 0 Å². The van der Waals surface area contributed by atoms with Crippen LogP contribution >= 0.6 is 0 Å². The molecule has 8 rings (SSSR count). The molecular weight excluding hydrogens is 534 g/mol. The molecular formula is C36H25N5O2. The average molecular weight is 560 g/mol. The van der Waals surface area contributed by atoms with Crippen molar-refractivity contribution in [3.05, 3.63) is 126 Å². The lowest BCUT2D eigenvalue weighted by atomic mass is 10.0. The van der Waals surface area contributed by atoms with Gasteiger partial charge in [-0.1, -0.05) is 91.0 Å². The number of rotatable bonds is 4. The number of aromatic nitrogens is 5. The van der Waals surface area contributed by atoms with Crippen LogP contribution in [-0.2, 0) is 14.1 Å². The molecule has 0 saturated carbocycles. The third kappa shape index (κ3) is 4.05. The summed E-state index contributed by atoms with van der Waals surface area (Å²) >= 11 is 0. The summed E-state index contributed by atoms with van der Waals surface area (Å²) in [5.41, 5.74) is 7.98. The van der Waals surface area contributed by atoms with Crippen LogP contribution in [0, 0.1) is 0 Å². The van der Waals surface area contributed by atoms with Crippen molar-refractivity contribution in [3.63, 3.8) is 0 Å². The number of fused-ring (bicyclic) bond motifs is 4. The van der Waals surface area contributed by atoms with Crippen LogP contribution in [0.15, 0.2) is 124 Å². The van der Waals surface area contributed by atoms with E-state index in [0.717, 1.165) is 60.8 Å². The monoisotopic (exact) mass is 559 g/mol. The molecule has 0 aliphatic heterocycles. The highest BCUT2D eigenvalue weighted by Gasteiger charge is 2.18. The number of furan rings is 1. The Bertz CT molecular complexity index is 2380. The average Bonchev–Trinajstić information content (AvgIpc) is 3.55. The van der Waals surface area contributed by atoms with E-state index in [1.807, 2.05) is 91.0 Å².